The minimum Gasteiger partial charge on any atom is -0.493 e. The van der Waals surface area contributed by atoms with Crippen molar-refractivity contribution in [3.05, 3.63) is 23.8 Å². The molecule has 0 saturated carbocycles. The third-order valence-electron chi connectivity index (χ3n) is 4.01. The number of methoxy groups -OCH3 is 1. The molecule has 1 aliphatic rings. The highest BCUT2D eigenvalue weighted by atomic mass is 16.5. The van der Waals surface area contributed by atoms with Gasteiger partial charge in [-0.25, -0.2) is 0 Å². The minimum absolute atomic E-state index is 0.0838. The average Bonchev–Trinajstić information content (AvgIpc) is 2.47. The summed E-state index contributed by atoms with van der Waals surface area (Å²) in [7, 11) is 1.69. The van der Waals surface area contributed by atoms with E-state index in [0.717, 1.165) is 19.4 Å². The molecule has 1 amide bonds. The number of carbonyl (C=O) groups is 1. The lowest BCUT2D eigenvalue weighted by molar-refractivity contribution is -0.0440. The van der Waals surface area contributed by atoms with Crippen LogP contribution in [-0.4, -0.2) is 43.2 Å². The van der Waals surface area contributed by atoms with Crippen molar-refractivity contribution in [1.82, 2.24) is 4.90 Å². The summed E-state index contributed by atoms with van der Waals surface area (Å²) < 4.78 is 11.1. The van der Waals surface area contributed by atoms with E-state index >= 15 is 0 Å². The fourth-order valence-electron chi connectivity index (χ4n) is 2.76. The SMILES string of the molecule is CCOc1cccc(N)c1C(=O)N1CCCC(C)(OC)C1. The summed E-state index contributed by atoms with van der Waals surface area (Å²) in [5.74, 6) is 0.465. The van der Waals surface area contributed by atoms with Crippen LogP contribution in [0.1, 0.15) is 37.0 Å². The molecule has 1 fully saturated rings. The van der Waals surface area contributed by atoms with Crippen LogP contribution in [0.15, 0.2) is 18.2 Å². The van der Waals surface area contributed by atoms with E-state index in [1.807, 2.05) is 13.8 Å². The van der Waals surface area contributed by atoms with Crippen molar-refractivity contribution in [2.45, 2.75) is 32.3 Å². The van der Waals surface area contributed by atoms with Crippen LogP contribution in [0.4, 0.5) is 5.69 Å². The van der Waals surface area contributed by atoms with Crippen LogP contribution < -0.4 is 10.5 Å². The first kappa shape index (κ1) is 15.6. The number of piperidine rings is 1. The van der Waals surface area contributed by atoms with Crippen LogP contribution in [0.3, 0.4) is 0 Å². The van der Waals surface area contributed by atoms with Crippen molar-refractivity contribution in [1.29, 1.82) is 0 Å². The van der Waals surface area contributed by atoms with Gasteiger partial charge in [-0.15, -0.1) is 0 Å². The van der Waals surface area contributed by atoms with Crippen LogP contribution in [0.2, 0.25) is 0 Å². The second-order valence-corrected chi connectivity index (χ2v) is 5.64. The van der Waals surface area contributed by atoms with Gasteiger partial charge in [0.15, 0.2) is 0 Å². The van der Waals surface area contributed by atoms with Gasteiger partial charge in [0.05, 0.1) is 12.2 Å². The standard InChI is InChI=1S/C16H24N2O3/c1-4-21-13-8-5-7-12(17)14(13)15(19)18-10-6-9-16(2,11-18)20-3/h5,7-8H,4,6,9-11,17H2,1-3H3. The number of nitrogen functional groups attached to an aromatic ring is 1. The molecule has 5 heteroatoms. The van der Waals surface area contributed by atoms with Crippen molar-refractivity contribution >= 4 is 11.6 Å². The topological polar surface area (TPSA) is 64.8 Å². The Morgan fingerprint density at radius 2 is 2.24 bits per heavy atom. The third-order valence-corrected chi connectivity index (χ3v) is 4.01. The number of likely N-dealkylation sites (tertiary alicyclic amines) is 1. The Labute approximate surface area is 126 Å². The zero-order valence-corrected chi connectivity index (χ0v) is 13.0. The van der Waals surface area contributed by atoms with E-state index in [9.17, 15) is 4.79 Å². The lowest BCUT2D eigenvalue weighted by atomic mass is 9.94. The van der Waals surface area contributed by atoms with Crippen molar-refractivity contribution in [3.8, 4) is 5.75 Å². The van der Waals surface area contributed by atoms with Crippen molar-refractivity contribution in [2.75, 3.05) is 32.5 Å². The Bertz CT molecular complexity index is 518. The fourth-order valence-corrected chi connectivity index (χ4v) is 2.76. The summed E-state index contributed by atoms with van der Waals surface area (Å²) in [6, 6.07) is 5.31. The highest BCUT2D eigenvalue weighted by Gasteiger charge is 2.34. The first-order valence-electron chi connectivity index (χ1n) is 7.36. The van der Waals surface area contributed by atoms with Crippen molar-refractivity contribution in [3.63, 3.8) is 0 Å². The van der Waals surface area contributed by atoms with Crippen LogP contribution in [0.5, 0.6) is 5.75 Å². The number of carbonyl (C=O) groups excluding carboxylic acids is 1. The van der Waals surface area contributed by atoms with Gasteiger partial charge < -0.3 is 20.1 Å². The maximum atomic E-state index is 12.8. The van der Waals surface area contributed by atoms with E-state index in [1.165, 1.54) is 0 Å². The number of nitrogens with two attached hydrogens (primary N) is 1. The highest BCUT2D eigenvalue weighted by Crippen LogP contribution is 2.30. The largest absolute Gasteiger partial charge is 0.493 e. The van der Waals surface area contributed by atoms with Gasteiger partial charge in [0.2, 0.25) is 0 Å². The van der Waals surface area contributed by atoms with E-state index in [0.29, 0.717) is 30.2 Å². The van der Waals surface area contributed by atoms with E-state index in [2.05, 4.69) is 0 Å². The quantitative estimate of drug-likeness (QED) is 0.865. The molecule has 0 aromatic heterocycles. The molecule has 1 saturated heterocycles. The Morgan fingerprint density at radius 1 is 1.48 bits per heavy atom. The molecule has 0 aliphatic carbocycles. The number of amides is 1. The Balaban J connectivity index is 2.27. The molecule has 21 heavy (non-hydrogen) atoms. The Kier molecular flexibility index (Phi) is 4.73. The van der Waals surface area contributed by atoms with Gasteiger partial charge in [0, 0.05) is 25.9 Å². The molecular formula is C16H24N2O3. The Morgan fingerprint density at radius 3 is 2.90 bits per heavy atom. The third kappa shape index (κ3) is 3.29. The number of ether oxygens (including phenoxy) is 2. The van der Waals surface area contributed by atoms with E-state index < -0.39 is 0 Å². The summed E-state index contributed by atoms with van der Waals surface area (Å²) in [5, 5.41) is 0. The maximum absolute atomic E-state index is 12.8. The normalized spacial score (nSPS) is 22.1. The van der Waals surface area contributed by atoms with Crippen molar-refractivity contribution < 1.29 is 14.3 Å². The van der Waals surface area contributed by atoms with Gasteiger partial charge >= 0.3 is 0 Å². The first-order valence-corrected chi connectivity index (χ1v) is 7.36. The van der Waals surface area contributed by atoms with Crippen molar-refractivity contribution in [2.24, 2.45) is 0 Å². The number of benzene rings is 1. The molecule has 1 unspecified atom stereocenters. The van der Waals surface area contributed by atoms with Gasteiger partial charge in [-0.2, -0.15) is 0 Å². The molecule has 1 aromatic rings. The number of rotatable bonds is 4. The van der Waals surface area contributed by atoms with Crippen LogP contribution in [0.25, 0.3) is 0 Å². The summed E-state index contributed by atoms with van der Waals surface area (Å²) in [6.07, 6.45) is 1.88. The van der Waals surface area contributed by atoms with Crippen LogP contribution >= 0.6 is 0 Å². The molecule has 0 bridgehead atoms. The molecule has 1 aliphatic heterocycles. The first-order chi connectivity index (χ1) is 10.0. The fraction of sp³-hybridized carbons (Fsp3) is 0.562. The van der Waals surface area contributed by atoms with Gasteiger partial charge in [-0.3, -0.25) is 4.79 Å². The molecule has 0 spiro atoms. The lowest BCUT2D eigenvalue weighted by Gasteiger charge is -2.39. The maximum Gasteiger partial charge on any atom is 0.259 e. The van der Waals surface area contributed by atoms with Crippen LogP contribution in [0, 0.1) is 0 Å². The van der Waals surface area contributed by atoms with Gasteiger partial charge in [-0.1, -0.05) is 6.07 Å². The van der Waals surface area contributed by atoms with Gasteiger partial charge in [-0.05, 0) is 38.8 Å². The molecule has 1 heterocycles. The molecule has 5 nitrogen and oxygen atoms in total. The smallest absolute Gasteiger partial charge is 0.259 e. The van der Waals surface area contributed by atoms with Gasteiger partial charge in [0.1, 0.15) is 11.3 Å². The number of anilines is 1. The molecule has 116 valence electrons. The number of hydrogen-bond acceptors (Lipinski definition) is 4. The summed E-state index contributed by atoms with van der Waals surface area (Å²) in [5.41, 5.74) is 6.62. The molecule has 0 radical (unpaired) electrons. The second-order valence-electron chi connectivity index (χ2n) is 5.64. The summed E-state index contributed by atoms with van der Waals surface area (Å²) in [4.78, 5) is 14.6. The highest BCUT2D eigenvalue weighted by molar-refractivity contribution is 6.02. The predicted octanol–water partition coefficient (Wildman–Crippen LogP) is 2.31. The number of nitrogens with zero attached hydrogens (tertiary/aromatic N) is 1. The average molecular weight is 292 g/mol. The van der Waals surface area contributed by atoms with Crippen LogP contribution in [-0.2, 0) is 4.74 Å². The monoisotopic (exact) mass is 292 g/mol. The van der Waals surface area contributed by atoms with Gasteiger partial charge in [0.25, 0.3) is 5.91 Å². The predicted molar refractivity (Wildman–Crippen MR) is 82.6 cm³/mol. The number of hydrogen-bond donors (Lipinski definition) is 1. The second kappa shape index (κ2) is 6.35. The molecule has 1 aromatic carbocycles. The molecule has 1 atom stereocenters. The summed E-state index contributed by atoms with van der Waals surface area (Å²) >= 11 is 0. The van der Waals surface area contributed by atoms with E-state index in [-0.39, 0.29) is 11.5 Å². The Hall–Kier alpha value is -1.75. The minimum atomic E-state index is -0.288. The zero-order valence-electron chi connectivity index (χ0n) is 13.0. The summed E-state index contributed by atoms with van der Waals surface area (Å²) in [6.45, 7) is 5.71. The lowest BCUT2D eigenvalue weighted by Crippen LogP contribution is -2.49. The molecule has 2 rings (SSSR count). The zero-order chi connectivity index (χ0) is 15.5. The van der Waals surface area contributed by atoms with E-state index in [1.54, 1.807) is 30.2 Å². The van der Waals surface area contributed by atoms with E-state index in [4.69, 9.17) is 15.2 Å². The molecular weight excluding hydrogens is 268 g/mol. The molecule has 2 N–H and O–H groups in total.